The maximum atomic E-state index is 12.8. The molecular formula is C24H27BrN4O5. The van der Waals surface area contributed by atoms with Crippen LogP contribution in [0.5, 0.6) is 5.75 Å². The van der Waals surface area contributed by atoms with Crippen molar-refractivity contribution in [1.82, 2.24) is 4.90 Å². The van der Waals surface area contributed by atoms with Crippen molar-refractivity contribution in [2.45, 2.75) is 0 Å². The fourth-order valence-electron chi connectivity index (χ4n) is 4.21. The molecule has 2 saturated heterocycles. The Labute approximate surface area is 206 Å². The number of halogens is 1. The van der Waals surface area contributed by atoms with Crippen LogP contribution in [0.1, 0.15) is 5.56 Å². The van der Waals surface area contributed by atoms with Gasteiger partial charge in [0.25, 0.3) is 5.69 Å². The number of piperazine rings is 1. The number of ether oxygens (including phenoxy) is 2. The average Bonchev–Trinajstić information content (AvgIpc) is 2.87. The number of anilines is 2. The van der Waals surface area contributed by atoms with Gasteiger partial charge < -0.3 is 24.2 Å². The van der Waals surface area contributed by atoms with E-state index in [0.29, 0.717) is 63.9 Å². The number of carbonyl (C=O) groups excluding carboxylic acids is 1. The van der Waals surface area contributed by atoms with Gasteiger partial charge in [-0.3, -0.25) is 14.9 Å². The van der Waals surface area contributed by atoms with Crippen LogP contribution in [0.4, 0.5) is 17.1 Å². The highest BCUT2D eigenvalue weighted by Crippen LogP contribution is 2.33. The third kappa shape index (κ3) is 5.51. The van der Waals surface area contributed by atoms with Gasteiger partial charge in [0.2, 0.25) is 5.91 Å². The van der Waals surface area contributed by atoms with Crippen molar-refractivity contribution in [1.29, 1.82) is 0 Å². The van der Waals surface area contributed by atoms with E-state index >= 15 is 0 Å². The van der Waals surface area contributed by atoms with Crippen LogP contribution < -0.4 is 14.5 Å². The van der Waals surface area contributed by atoms with Gasteiger partial charge in [-0.2, -0.15) is 0 Å². The zero-order valence-electron chi connectivity index (χ0n) is 19.0. The molecule has 2 aromatic carbocycles. The molecule has 2 fully saturated rings. The summed E-state index contributed by atoms with van der Waals surface area (Å²) in [6.07, 6.45) is 3.34. The maximum absolute atomic E-state index is 12.8. The van der Waals surface area contributed by atoms with Gasteiger partial charge in [0.05, 0.1) is 25.2 Å². The van der Waals surface area contributed by atoms with Gasteiger partial charge in [0, 0.05) is 67.1 Å². The van der Waals surface area contributed by atoms with E-state index in [9.17, 15) is 14.9 Å². The lowest BCUT2D eigenvalue weighted by Crippen LogP contribution is -2.48. The summed E-state index contributed by atoms with van der Waals surface area (Å²) < 4.78 is 11.7. The highest BCUT2D eigenvalue weighted by Gasteiger charge is 2.25. The molecule has 0 unspecified atom stereocenters. The Bertz CT molecular complexity index is 1080. The molecule has 2 heterocycles. The molecule has 0 N–H and O–H groups in total. The van der Waals surface area contributed by atoms with E-state index in [1.54, 1.807) is 31.4 Å². The molecule has 0 aromatic heterocycles. The predicted octanol–water partition coefficient (Wildman–Crippen LogP) is 3.56. The molecule has 180 valence electrons. The van der Waals surface area contributed by atoms with Crippen molar-refractivity contribution in [2.75, 3.05) is 69.4 Å². The fourth-order valence-corrected chi connectivity index (χ4v) is 4.59. The zero-order valence-corrected chi connectivity index (χ0v) is 20.6. The largest absolute Gasteiger partial charge is 0.496 e. The number of rotatable bonds is 6. The molecule has 0 bridgehead atoms. The molecule has 4 rings (SSSR count). The average molecular weight is 531 g/mol. The summed E-state index contributed by atoms with van der Waals surface area (Å²) in [4.78, 5) is 30.0. The number of hydrogen-bond donors (Lipinski definition) is 0. The second-order valence-electron chi connectivity index (χ2n) is 8.06. The van der Waals surface area contributed by atoms with Crippen molar-refractivity contribution >= 4 is 45.0 Å². The molecule has 0 radical (unpaired) electrons. The van der Waals surface area contributed by atoms with Crippen molar-refractivity contribution in [3.8, 4) is 5.75 Å². The van der Waals surface area contributed by atoms with Crippen LogP contribution in [0.25, 0.3) is 6.08 Å². The number of nitro groups is 1. The summed E-state index contributed by atoms with van der Waals surface area (Å²) in [5, 5.41) is 11.6. The third-order valence-corrected chi connectivity index (χ3v) is 6.55. The monoisotopic (exact) mass is 530 g/mol. The molecule has 0 atom stereocenters. The van der Waals surface area contributed by atoms with Crippen LogP contribution in [0.2, 0.25) is 0 Å². The van der Waals surface area contributed by atoms with Gasteiger partial charge in [-0.05, 0) is 36.4 Å². The van der Waals surface area contributed by atoms with Gasteiger partial charge >= 0.3 is 0 Å². The number of morpholine rings is 1. The minimum Gasteiger partial charge on any atom is -0.496 e. The number of carbonyl (C=O) groups is 1. The highest BCUT2D eigenvalue weighted by molar-refractivity contribution is 9.10. The lowest BCUT2D eigenvalue weighted by molar-refractivity contribution is -0.384. The summed E-state index contributed by atoms with van der Waals surface area (Å²) in [5.41, 5.74) is 2.47. The first-order valence-corrected chi connectivity index (χ1v) is 11.9. The second kappa shape index (κ2) is 10.9. The van der Waals surface area contributed by atoms with E-state index in [1.165, 1.54) is 0 Å². The van der Waals surface area contributed by atoms with Crippen molar-refractivity contribution in [3.63, 3.8) is 0 Å². The molecule has 0 aliphatic carbocycles. The van der Waals surface area contributed by atoms with Gasteiger partial charge in [0.15, 0.2) is 0 Å². The van der Waals surface area contributed by atoms with E-state index in [1.807, 2.05) is 34.1 Å². The normalized spacial score (nSPS) is 16.7. The Morgan fingerprint density at radius 2 is 1.79 bits per heavy atom. The lowest BCUT2D eigenvalue weighted by atomic mass is 10.1. The fraction of sp³-hybridized carbons (Fsp3) is 0.375. The van der Waals surface area contributed by atoms with Crippen molar-refractivity contribution < 1.29 is 19.2 Å². The summed E-state index contributed by atoms with van der Waals surface area (Å²) in [6.45, 7) is 4.82. The van der Waals surface area contributed by atoms with Crippen LogP contribution in [0, 0.1) is 10.1 Å². The maximum Gasteiger partial charge on any atom is 0.292 e. The van der Waals surface area contributed by atoms with E-state index in [-0.39, 0.29) is 16.5 Å². The van der Waals surface area contributed by atoms with Crippen LogP contribution in [-0.2, 0) is 9.53 Å². The quantitative estimate of drug-likeness (QED) is 0.320. The predicted molar refractivity (Wildman–Crippen MR) is 135 cm³/mol. The van der Waals surface area contributed by atoms with E-state index < -0.39 is 0 Å². The Kier molecular flexibility index (Phi) is 7.69. The van der Waals surface area contributed by atoms with Gasteiger partial charge in [-0.15, -0.1) is 0 Å². The van der Waals surface area contributed by atoms with Crippen LogP contribution in [0.3, 0.4) is 0 Å². The topological polar surface area (TPSA) is 88.4 Å². The van der Waals surface area contributed by atoms with Crippen LogP contribution in [-0.4, -0.2) is 75.3 Å². The molecule has 2 aliphatic heterocycles. The molecule has 0 spiro atoms. The SMILES string of the molecule is COc1ccc(Br)cc1C=CC(=O)N1CCN(c2ccc([N+](=O)[O-])c(N3CCOCC3)c2)CC1. The van der Waals surface area contributed by atoms with Crippen LogP contribution >= 0.6 is 15.9 Å². The number of methoxy groups -OCH3 is 1. The number of benzene rings is 2. The molecule has 1 amide bonds. The minimum atomic E-state index is -0.336. The summed E-state index contributed by atoms with van der Waals surface area (Å²) in [5.74, 6) is 0.644. The number of hydrogen-bond acceptors (Lipinski definition) is 7. The first-order chi connectivity index (χ1) is 16.5. The molecule has 2 aromatic rings. The minimum absolute atomic E-state index is 0.0561. The zero-order chi connectivity index (χ0) is 24.1. The first kappa shape index (κ1) is 24.0. The Balaban J connectivity index is 1.42. The molecule has 9 nitrogen and oxygen atoms in total. The number of nitro benzene ring substituents is 1. The highest BCUT2D eigenvalue weighted by atomic mass is 79.9. The molecule has 34 heavy (non-hydrogen) atoms. The van der Waals surface area contributed by atoms with E-state index in [2.05, 4.69) is 20.8 Å². The molecule has 2 aliphatic rings. The standard InChI is InChI=1S/C24H27BrN4O5/c1-33-23-6-3-19(25)16-18(23)2-7-24(30)28-10-8-26(9-11-28)20-4-5-21(29(31)32)22(17-20)27-12-14-34-15-13-27/h2-7,16-17H,8-15H2,1H3. The molecule has 10 heteroatoms. The number of nitrogens with zero attached hydrogens (tertiary/aromatic N) is 4. The second-order valence-corrected chi connectivity index (χ2v) is 8.98. The Hall–Kier alpha value is -3.11. The molecule has 0 saturated carbocycles. The van der Waals surface area contributed by atoms with Gasteiger partial charge in [-0.25, -0.2) is 0 Å². The Morgan fingerprint density at radius 1 is 1.06 bits per heavy atom. The number of amides is 1. The van der Waals surface area contributed by atoms with Gasteiger partial charge in [-0.1, -0.05) is 15.9 Å². The first-order valence-electron chi connectivity index (χ1n) is 11.1. The smallest absolute Gasteiger partial charge is 0.292 e. The van der Waals surface area contributed by atoms with E-state index in [0.717, 1.165) is 15.7 Å². The van der Waals surface area contributed by atoms with Gasteiger partial charge in [0.1, 0.15) is 11.4 Å². The summed E-state index contributed by atoms with van der Waals surface area (Å²) >= 11 is 3.44. The molecular weight excluding hydrogens is 504 g/mol. The van der Waals surface area contributed by atoms with E-state index in [4.69, 9.17) is 9.47 Å². The third-order valence-electron chi connectivity index (χ3n) is 6.06. The summed E-state index contributed by atoms with van der Waals surface area (Å²) in [7, 11) is 1.60. The van der Waals surface area contributed by atoms with Crippen molar-refractivity contribution in [2.24, 2.45) is 0 Å². The lowest BCUT2D eigenvalue weighted by Gasteiger charge is -2.36. The van der Waals surface area contributed by atoms with Crippen molar-refractivity contribution in [3.05, 3.63) is 62.6 Å². The summed E-state index contributed by atoms with van der Waals surface area (Å²) in [6, 6.07) is 10.9. The van der Waals surface area contributed by atoms with Crippen LogP contribution in [0.15, 0.2) is 46.9 Å². The Morgan fingerprint density at radius 3 is 2.47 bits per heavy atom.